The summed E-state index contributed by atoms with van der Waals surface area (Å²) >= 11 is 0. The van der Waals surface area contributed by atoms with E-state index in [1.807, 2.05) is 0 Å². The van der Waals surface area contributed by atoms with Crippen LogP contribution in [-0.2, 0) is 14.2 Å². The predicted molar refractivity (Wildman–Crippen MR) is 123 cm³/mol. The number of aliphatic imine (C=N–C) groups is 1. The van der Waals surface area contributed by atoms with Crippen LogP contribution in [0.5, 0.6) is 0 Å². The molecule has 1 rings (SSSR count). The fourth-order valence-corrected chi connectivity index (χ4v) is 3.82. The van der Waals surface area contributed by atoms with Gasteiger partial charge >= 0.3 is 0 Å². The molecule has 27 heavy (non-hydrogen) atoms. The summed E-state index contributed by atoms with van der Waals surface area (Å²) in [6.07, 6.45) is 5.74. The normalized spacial score (nSPS) is 21.3. The number of rotatable bonds is 14. The van der Waals surface area contributed by atoms with Gasteiger partial charge in [0.1, 0.15) is 0 Å². The second kappa shape index (κ2) is 15.8. The summed E-state index contributed by atoms with van der Waals surface area (Å²) in [5.74, 6) is 0.930. The van der Waals surface area contributed by atoms with E-state index in [-0.39, 0.29) is 29.4 Å². The molecule has 0 spiro atoms. The lowest BCUT2D eigenvalue weighted by atomic mass is 9.58. The fourth-order valence-electron chi connectivity index (χ4n) is 3.82. The Morgan fingerprint density at radius 2 is 1.81 bits per heavy atom. The van der Waals surface area contributed by atoms with Crippen LogP contribution in [0.15, 0.2) is 4.99 Å². The van der Waals surface area contributed by atoms with Gasteiger partial charge in [-0.3, -0.25) is 4.99 Å². The lowest BCUT2D eigenvalue weighted by Crippen LogP contribution is -2.65. The van der Waals surface area contributed by atoms with Crippen molar-refractivity contribution in [1.82, 2.24) is 10.6 Å². The molecule has 2 atom stereocenters. The van der Waals surface area contributed by atoms with Crippen LogP contribution in [0.3, 0.4) is 0 Å². The molecule has 0 aromatic carbocycles. The minimum absolute atomic E-state index is 0. The van der Waals surface area contributed by atoms with Crippen molar-refractivity contribution < 1.29 is 14.2 Å². The number of guanidine groups is 1. The van der Waals surface area contributed by atoms with Gasteiger partial charge in [-0.05, 0) is 46.0 Å². The van der Waals surface area contributed by atoms with Crippen LogP contribution < -0.4 is 10.6 Å². The minimum atomic E-state index is 0. The summed E-state index contributed by atoms with van der Waals surface area (Å²) in [7, 11) is 1.69. The second-order valence-corrected chi connectivity index (χ2v) is 6.89. The molecule has 7 heteroatoms. The molecule has 0 aliphatic heterocycles. The maximum atomic E-state index is 5.98. The van der Waals surface area contributed by atoms with Crippen LogP contribution in [0.25, 0.3) is 0 Å². The Hall–Kier alpha value is -0.120. The van der Waals surface area contributed by atoms with Gasteiger partial charge in [0.25, 0.3) is 0 Å². The van der Waals surface area contributed by atoms with Gasteiger partial charge in [-0.15, -0.1) is 24.0 Å². The molecular weight excluding hydrogens is 457 g/mol. The van der Waals surface area contributed by atoms with Crippen molar-refractivity contribution in [2.45, 2.75) is 71.9 Å². The zero-order valence-electron chi connectivity index (χ0n) is 18.0. The Labute approximate surface area is 183 Å². The average molecular weight is 499 g/mol. The predicted octanol–water partition coefficient (Wildman–Crippen LogP) is 3.59. The first kappa shape index (κ1) is 26.9. The highest BCUT2D eigenvalue weighted by molar-refractivity contribution is 14.0. The van der Waals surface area contributed by atoms with E-state index in [0.717, 1.165) is 64.4 Å². The molecule has 162 valence electrons. The first-order valence-corrected chi connectivity index (χ1v) is 10.4. The molecule has 1 saturated carbocycles. The molecule has 1 fully saturated rings. The molecule has 0 bridgehead atoms. The molecule has 0 heterocycles. The van der Waals surface area contributed by atoms with Crippen molar-refractivity contribution in [3.63, 3.8) is 0 Å². The Kier molecular flexibility index (Phi) is 15.7. The Morgan fingerprint density at radius 3 is 2.41 bits per heavy atom. The van der Waals surface area contributed by atoms with Crippen LogP contribution in [0.4, 0.5) is 0 Å². The van der Waals surface area contributed by atoms with Gasteiger partial charge in [0.15, 0.2) is 5.96 Å². The zero-order chi connectivity index (χ0) is 19.3. The third-order valence-electron chi connectivity index (χ3n) is 5.52. The smallest absolute Gasteiger partial charge is 0.191 e. The Morgan fingerprint density at radius 1 is 1.07 bits per heavy atom. The molecule has 0 amide bonds. The third kappa shape index (κ3) is 8.41. The molecule has 2 N–H and O–H groups in total. The summed E-state index contributed by atoms with van der Waals surface area (Å²) in [4.78, 5) is 4.75. The lowest BCUT2D eigenvalue weighted by molar-refractivity contribution is -0.133. The van der Waals surface area contributed by atoms with Crippen LogP contribution in [0, 0.1) is 5.41 Å². The first-order chi connectivity index (χ1) is 12.7. The molecule has 1 aliphatic rings. The summed E-state index contributed by atoms with van der Waals surface area (Å²) in [5.41, 5.74) is 0.224. The van der Waals surface area contributed by atoms with Crippen LogP contribution in [0.2, 0.25) is 0 Å². The van der Waals surface area contributed by atoms with Gasteiger partial charge in [0.05, 0.1) is 19.3 Å². The highest BCUT2D eigenvalue weighted by Gasteiger charge is 2.53. The van der Waals surface area contributed by atoms with Crippen molar-refractivity contribution in [2.75, 3.05) is 46.6 Å². The standard InChI is InChI=1S/C20H41N3O3.HI/c1-6-20(7-2)17(16-18(20)26-9-4)23-19(21-8-3)22-12-10-11-13-25-15-14-24-5;/h17-18H,6-16H2,1-5H3,(H2,21,22,23);1H. The van der Waals surface area contributed by atoms with Gasteiger partial charge in [0.2, 0.25) is 0 Å². The maximum absolute atomic E-state index is 5.98. The zero-order valence-corrected chi connectivity index (χ0v) is 20.3. The lowest BCUT2D eigenvalue weighted by Gasteiger charge is -2.55. The summed E-state index contributed by atoms with van der Waals surface area (Å²) in [6.45, 7) is 13.3. The number of nitrogens with one attached hydrogen (secondary N) is 2. The van der Waals surface area contributed by atoms with Crippen molar-refractivity contribution in [1.29, 1.82) is 0 Å². The number of nitrogens with zero attached hydrogens (tertiary/aromatic N) is 1. The molecule has 2 unspecified atom stereocenters. The molecule has 0 saturated heterocycles. The van der Waals surface area contributed by atoms with Crippen molar-refractivity contribution in [2.24, 2.45) is 10.4 Å². The monoisotopic (exact) mass is 499 g/mol. The fraction of sp³-hybridized carbons (Fsp3) is 0.950. The van der Waals surface area contributed by atoms with Crippen molar-refractivity contribution in [3.05, 3.63) is 0 Å². The van der Waals surface area contributed by atoms with E-state index >= 15 is 0 Å². The second-order valence-electron chi connectivity index (χ2n) is 6.89. The molecular formula is C20H42IN3O3. The number of halogens is 1. The van der Waals surface area contributed by atoms with Crippen LogP contribution >= 0.6 is 24.0 Å². The Bertz CT molecular complexity index is 393. The van der Waals surface area contributed by atoms with Gasteiger partial charge < -0.3 is 24.8 Å². The van der Waals surface area contributed by atoms with E-state index in [2.05, 4.69) is 38.3 Å². The summed E-state index contributed by atoms with van der Waals surface area (Å²) in [5, 5.41) is 7.05. The molecule has 1 aliphatic carbocycles. The topological polar surface area (TPSA) is 64.1 Å². The number of hydrogen-bond donors (Lipinski definition) is 2. The number of unbranched alkanes of at least 4 members (excludes halogenated alkanes) is 1. The highest BCUT2D eigenvalue weighted by atomic mass is 127. The minimum Gasteiger partial charge on any atom is -0.382 e. The SMILES string of the molecule is CCNC(=NCCCCOCCOC)NC1CC(OCC)C1(CC)CC.I. The van der Waals surface area contributed by atoms with E-state index in [1.54, 1.807) is 7.11 Å². The van der Waals surface area contributed by atoms with Gasteiger partial charge in [-0.1, -0.05) is 13.8 Å². The van der Waals surface area contributed by atoms with Crippen molar-refractivity contribution in [3.8, 4) is 0 Å². The maximum Gasteiger partial charge on any atom is 0.191 e. The molecule has 6 nitrogen and oxygen atoms in total. The van der Waals surface area contributed by atoms with Crippen LogP contribution in [0.1, 0.15) is 59.8 Å². The van der Waals surface area contributed by atoms with E-state index in [0.29, 0.717) is 25.4 Å². The summed E-state index contributed by atoms with van der Waals surface area (Å²) in [6, 6.07) is 0.434. The average Bonchev–Trinajstić information content (AvgIpc) is 2.64. The van der Waals surface area contributed by atoms with Crippen LogP contribution in [-0.4, -0.2) is 64.7 Å². The van der Waals surface area contributed by atoms with E-state index < -0.39 is 0 Å². The first-order valence-electron chi connectivity index (χ1n) is 10.4. The van der Waals surface area contributed by atoms with E-state index in [1.165, 1.54) is 0 Å². The number of hydrogen-bond acceptors (Lipinski definition) is 4. The third-order valence-corrected chi connectivity index (χ3v) is 5.52. The molecule has 0 radical (unpaired) electrons. The van der Waals surface area contributed by atoms with E-state index in [4.69, 9.17) is 19.2 Å². The largest absolute Gasteiger partial charge is 0.382 e. The molecule has 0 aromatic heterocycles. The quantitative estimate of drug-likeness (QED) is 0.166. The number of ether oxygens (including phenoxy) is 3. The van der Waals surface area contributed by atoms with Gasteiger partial charge in [0, 0.05) is 44.9 Å². The summed E-state index contributed by atoms with van der Waals surface area (Å²) < 4.78 is 16.4. The molecule has 0 aromatic rings. The van der Waals surface area contributed by atoms with Gasteiger partial charge in [-0.2, -0.15) is 0 Å². The highest BCUT2D eigenvalue weighted by Crippen LogP contribution is 2.48. The van der Waals surface area contributed by atoms with Crippen molar-refractivity contribution >= 4 is 29.9 Å². The van der Waals surface area contributed by atoms with E-state index in [9.17, 15) is 0 Å². The van der Waals surface area contributed by atoms with Gasteiger partial charge in [-0.25, -0.2) is 0 Å². The number of methoxy groups -OCH3 is 1. The Balaban J connectivity index is 0.00000676.